The third-order valence-corrected chi connectivity index (χ3v) is 5.07. The summed E-state index contributed by atoms with van der Waals surface area (Å²) in [7, 11) is 0. The standard InChI is InChI=1S/C17H20N6OS/c1-3-14(11-18-5-1)12-19-13-15-4-2-6-23(15)17-21-20-16(25-17)22-7-9-24-10-8-22/h1-6,11,19H,7-10,12-13H2. The Labute approximate surface area is 150 Å². The fourth-order valence-electron chi connectivity index (χ4n) is 2.77. The highest BCUT2D eigenvalue weighted by atomic mass is 32.1. The number of morpholine rings is 1. The van der Waals surface area contributed by atoms with Crippen LogP contribution >= 0.6 is 11.3 Å². The monoisotopic (exact) mass is 356 g/mol. The van der Waals surface area contributed by atoms with Crippen LogP contribution in [-0.2, 0) is 17.8 Å². The van der Waals surface area contributed by atoms with E-state index in [9.17, 15) is 0 Å². The Bertz CT molecular complexity index is 796. The first-order chi connectivity index (χ1) is 12.4. The molecule has 0 amide bonds. The van der Waals surface area contributed by atoms with Gasteiger partial charge in [-0.05, 0) is 23.8 Å². The first kappa shape index (κ1) is 16.2. The van der Waals surface area contributed by atoms with Gasteiger partial charge in [0.15, 0.2) is 0 Å². The zero-order valence-electron chi connectivity index (χ0n) is 13.8. The first-order valence-electron chi connectivity index (χ1n) is 8.32. The molecule has 3 aromatic heterocycles. The molecule has 0 aromatic carbocycles. The summed E-state index contributed by atoms with van der Waals surface area (Å²) < 4.78 is 7.49. The van der Waals surface area contributed by atoms with Gasteiger partial charge in [-0.3, -0.25) is 9.55 Å². The summed E-state index contributed by atoms with van der Waals surface area (Å²) in [6.45, 7) is 4.80. The van der Waals surface area contributed by atoms with Crippen molar-refractivity contribution >= 4 is 16.5 Å². The van der Waals surface area contributed by atoms with Crippen molar-refractivity contribution in [3.8, 4) is 5.13 Å². The van der Waals surface area contributed by atoms with E-state index in [0.29, 0.717) is 0 Å². The summed E-state index contributed by atoms with van der Waals surface area (Å²) >= 11 is 1.61. The average Bonchev–Trinajstić information content (AvgIpc) is 3.32. The second-order valence-corrected chi connectivity index (χ2v) is 6.74. The SMILES string of the molecule is c1cncc(CNCc2cccn2-c2nnc(N3CCOCC3)s2)c1. The molecule has 0 atom stereocenters. The van der Waals surface area contributed by atoms with Crippen LogP contribution in [0, 0.1) is 0 Å². The van der Waals surface area contributed by atoms with Crippen LogP contribution in [0.1, 0.15) is 11.3 Å². The quantitative estimate of drug-likeness (QED) is 0.727. The molecule has 1 N–H and O–H groups in total. The van der Waals surface area contributed by atoms with Crippen molar-refractivity contribution in [1.82, 2.24) is 25.1 Å². The number of anilines is 1. The number of nitrogens with zero attached hydrogens (tertiary/aromatic N) is 5. The molecular weight excluding hydrogens is 336 g/mol. The van der Waals surface area contributed by atoms with E-state index in [2.05, 4.69) is 42.1 Å². The van der Waals surface area contributed by atoms with Crippen molar-refractivity contribution in [2.45, 2.75) is 13.1 Å². The molecule has 8 heteroatoms. The lowest BCUT2D eigenvalue weighted by atomic mass is 10.3. The third kappa shape index (κ3) is 3.87. The highest BCUT2D eigenvalue weighted by molar-refractivity contribution is 7.17. The molecule has 3 aromatic rings. The molecule has 4 rings (SSSR count). The number of ether oxygens (including phenoxy) is 1. The Hall–Kier alpha value is -2.29. The Morgan fingerprint density at radius 1 is 1.08 bits per heavy atom. The van der Waals surface area contributed by atoms with Crippen molar-refractivity contribution in [1.29, 1.82) is 0 Å². The molecule has 130 valence electrons. The Morgan fingerprint density at radius 3 is 2.80 bits per heavy atom. The molecule has 0 bridgehead atoms. The van der Waals surface area contributed by atoms with E-state index >= 15 is 0 Å². The minimum atomic E-state index is 0.752. The Balaban J connectivity index is 1.41. The molecule has 1 fully saturated rings. The van der Waals surface area contributed by atoms with Crippen LogP contribution in [0.4, 0.5) is 5.13 Å². The van der Waals surface area contributed by atoms with Crippen LogP contribution in [0.3, 0.4) is 0 Å². The normalized spacial score (nSPS) is 14.8. The molecule has 0 unspecified atom stereocenters. The van der Waals surface area contributed by atoms with Gasteiger partial charge in [-0.2, -0.15) is 0 Å². The fraction of sp³-hybridized carbons (Fsp3) is 0.353. The van der Waals surface area contributed by atoms with Crippen molar-refractivity contribution < 1.29 is 4.74 Å². The van der Waals surface area contributed by atoms with Gasteiger partial charge in [0.2, 0.25) is 10.3 Å². The van der Waals surface area contributed by atoms with Crippen molar-refractivity contribution in [2.24, 2.45) is 0 Å². The van der Waals surface area contributed by atoms with Crippen molar-refractivity contribution in [3.05, 3.63) is 54.1 Å². The maximum absolute atomic E-state index is 5.40. The number of hydrogen-bond donors (Lipinski definition) is 1. The molecule has 0 spiro atoms. The lowest BCUT2D eigenvalue weighted by molar-refractivity contribution is 0.122. The summed E-state index contributed by atoms with van der Waals surface area (Å²) in [5.74, 6) is 0. The largest absolute Gasteiger partial charge is 0.378 e. The van der Waals surface area contributed by atoms with Crippen LogP contribution in [0.2, 0.25) is 0 Å². The van der Waals surface area contributed by atoms with Gasteiger partial charge in [-0.1, -0.05) is 17.4 Å². The van der Waals surface area contributed by atoms with Crippen LogP contribution in [0.15, 0.2) is 42.9 Å². The van der Waals surface area contributed by atoms with E-state index in [-0.39, 0.29) is 0 Å². The van der Waals surface area contributed by atoms with E-state index in [1.165, 1.54) is 5.56 Å². The second-order valence-electron chi connectivity index (χ2n) is 5.80. The molecule has 1 saturated heterocycles. The van der Waals surface area contributed by atoms with Gasteiger partial charge < -0.3 is 15.0 Å². The minimum absolute atomic E-state index is 0.752. The Morgan fingerprint density at radius 2 is 1.96 bits per heavy atom. The number of aromatic nitrogens is 4. The maximum atomic E-state index is 5.40. The average molecular weight is 356 g/mol. The van der Waals surface area contributed by atoms with Gasteiger partial charge in [-0.25, -0.2) is 0 Å². The van der Waals surface area contributed by atoms with Crippen molar-refractivity contribution in [2.75, 3.05) is 31.2 Å². The van der Waals surface area contributed by atoms with Crippen LogP contribution < -0.4 is 10.2 Å². The zero-order chi connectivity index (χ0) is 16.9. The lowest BCUT2D eigenvalue weighted by Gasteiger charge is -2.25. The van der Waals surface area contributed by atoms with E-state index in [1.54, 1.807) is 17.5 Å². The molecule has 1 aliphatic heterocycles. The Kier molecular flexibility index (Phi) is 5.01. The molecule has 0 saturated carbocycles. The number of rotatable bonds is 6. The smallest absolute Gasteiger partial charge is 0.218 e. The van der Waals surface area contributed by atoms with E-state index < -0.39 is 0 Å². The van der Waals surface area contributed by atoms with E-state index in [0.717, 1.165) is 55.3 Å². The first-order valence-corrected chi connectivity index (χ1v) is 9.14. The molecule has 25 heavy (non-hydrogen) atoms. The number of pyridine rings is 1. The summed E-state index contributed by atoms with van der Waals surface area (Å²) in [6.07, 6.45) is 5.70. The van der Waals surface area contributed by atoms with Gasteiger partial charge in [0.25, 0.3) is 0 Å². The lowest BCUT2D eigenvalue weighted by Crippen LogP contribution is -2.36. The predicted octanol–water partition coefficient (Wildman–Crippen LogP) is 1.85. The van der Waals surface area contributed by atoms with Crippen LogP contribution in [-0.4, -0.2) is 46.1 Å². The maximum Gasteiger partial charge on any atom is 0.218 e. The van der Waals surface area contributed by atoms with Crippen molar-refractivity contribution in [3.63, 3.8) is 0 Å². The third-order valence-electron chi connectivity index (χ3n) is 4.08. The molecule has 0 aliphatic carbocycles. The highest BCUT2D eigenvalue weighted by Crippen LogP contribution is 2.25. The van der Waals surface area contributed by atoms with Gasteiger partial charge in [0, 0.05) is 50.5 Å². The second kappa shape index (κ2) is 7.73. The number of nitrogens with one attached hydrogen (secondary N) is 1. The van der Waals surface area contributed by atoms with Gasteiger partial charge in [0.05, 0.1) is 13.2 Å². The van der Waals surface area contributed by atoms with E-state index in [1.807, 2.05) is 24.5 Å². The number of hydrogen-bond acceptors (Lipinski definition) is 7. The minimum Gasteiger partial charge on any atom is -0.378 e. The molecule has 4 heterocycles. The summed E-state index contributed by atoms with van der Waals surface area (Å²) in [4.78, 5) is 6.37. The molecule has 1 aliphatic rings. The van der Waals surface area contributed by atoms with Gasteiger partial charge >= 0.3 is 0 Å². The summed E-state index contributed by atoms with van der Waals surface area (Å²) in [5.41, 5.74) is 2.33. The van der Waals surface area contributed by atoms with Crippen LogP contribution in [0.5, 0.6) is 0 Å². The highest BCUT2D eigenvalue weighted by Gasteiger charge is 2.17. The topological polar surface area (TPSA) is 68.1 Å². The summed E-state index contributed by atoms with van der Waals surface area (Å²) in [5, 5.41) is 14.0. The van der Waals surface area contributed by atoms with E-state index in [4.69, 9.17) is 4.74 Å². The molecular formula is C17H20N6OS. The molecule has 7 nitrogen and oxygen atoms in total. The predicted molar refractivity (Wildman–Crippen MR) is 97.0 cm³/mol. The van der Waals surface area contributed by atoms with Gasteiger partial charge in [0.1, 0.15) is 0 Å². The fourth-order valence-corrected chi connectivity index (χ4v) is 3.69. The zero-order valence-corrected chi connectivity index (χ0v) is 14.7. The van der Waals surface area contributed by atoms with Gasteiger partial charge in [-0.15, -0.1) is 10.2 Å². The van der Waals surface area contributed by atoms with Crippen LogP contribution in [0.25, 0.3) is 5.13 Å². The summed E-state index contributed by atoms with van der Waals surface area (Å²) in [6, 6.07) is 8.16. The molecule has 0 radical (unpaired) electrons.